The molecule has 0 aromatic carbocycles. The molecule has 2 bridgehead atoms. The molecule has 3 amide bonds. The van der Waals surface area contributed by atoms with Crippen LogP contribution in [-0.2, 0) is 14.4 Å². The van der Waals surface area contributed by atoms with Gasteiger partial charge < -0.3 is 4.90 Å². The SMILES string of the molecule is C[C@@H]1C[C@H](C)CN(C(=O)CN2C(=O)[C@@H]3[C@H](C2=O)[C@@H]2C=C[C@H]3C2)C1. The normalized spacial score (nSPS) is 41.8. The van der Waals surface area contributed by atoms with E-state index in [1.165, 1.54) is 4.90 Å². The fourth-order valence-electron chi connectivity index (χ4n) is 5.22. The molecule has 0 spiro atoms. The van der Waals surface area contributed by atoms with E-state index < -0.39 is 0 Å². The molecule has 2 saturated heterocycles. The molecule has 0 radical (unpaired) electrons. The summed E-state index contributed by atoms with van der Waals surface area (Å²) in [4.78, 5) is 40.9. The van der Waals surface area contributed by atoms with Crippen LogP contribution >= 0.6 is 0 Å². The first-order valence-electron chi connectivity index (χ1n) is 8.77. The van der Waals surface area contributed by atoms with Gasteiger partial charge in [0.05, 0.1) is 11.8 Å². The van der Waals surface area contributed by atoms with Crippen LogP contribution in [0.2, 0.25) is 0 Å². The van der Waals surface area contributed by atoms with Crippen molar-refractivity contribution < 1.29 is 14.4 Å². The van der Waals surface area contributed by atoms with Gasteiger partial charge in [-0.3, -0.25) is 19.3 Å². The molecule has 2 aliphatic heterocycles. The van der Waals surface area contributed by atoms with Crippen molar-refractivity contribution in [1.82, 2.24) is 9.80 Å². The molecule has 2 heterocycles. The van der Waals surface area contributed by atoms with Crippen LogP contribution in [0.15, 0.2) is 12.2 Å². The Bertz CT molecular complexity index is 559. The fourth-order valence-corrected chi connectivity index (χ4v) is 5.22. The van der Waals surface area contributed by atoms with Crippen LogP contribution in [0.4, 0.5) is 0 Å². The van der Waals surface area contributed by atoms with Gasteiger partial charge in [-0.2, -0.15) is 0 Å². The predicted molar refractivity (Wildman–Crippen MR) is 84.0 cm³/mol. The van der Waals surface area contributed by atoms with Crippen molar-refractivity contribution in [2.75, 3.05) is 19.6 Å². The zero-order valence-corrected chi connectivity index (χ0v) is 13.8. The summed E-state index contributed by atoms with van der Waals surface area (Å²) < 4.78 is 0. The number of imide groups is 1. The van der Waals surface area contributed by atoms with Gasteiger partial charge >= 0.3 is 0 Å². The Kier molecular flexibility index (Phi) is 3.36. The van der Waals surface area contributed by atoms with E-state index in [1.807, 2.05) is 4.90 Å². The number of amides is 3. The average Bonchev–Trinajstić information content (AvgIpc) is 3.16. The number of allylic oxidation sites excluding steroid dienone is 2. The van der Waals surface area contributed by atoms with Crippen LogP contribution in [0.5, 0.6) is 0 Å². The Labute approximate surface area is 136 Å². The lowest BCUT2D eigenvalue weighted by Crippen LogP contribution is -2.48. The van der Waals surface area contributed by atoms with Gasteiger partial charge in [0.15, 0.2) is 0 Å². The van der Waals surface area contributed by atoms with E-state index in [0.29, 0.717) is 11.8 Å². The van der Waals surface area contributed by atoms with Gasteiger partial charge in [0, 0.05) is 13.1 Å². The molecular formula is C18H24N2O3. The number of carbonyl (C=O) groups is 3. The first-order chi connectivity index (χ1) is 11.0. The zero-order chi connectivity index (χ0) is 16.3. The largest absolute Gasteiger partial charge is 0.341 e. The van der Waals surface area contributed by atoms with Crippen molar-refractivity contribution >= 4 is 17.7 Å². The molecule has 2 aliphatic carbocycles. The quantitative estimate of drug-likeness (QED) is 0.570. The number of hydrogen-bond donors (Lipinski definition) is 0. The second-order valence-electron chi connectivity index (χ2n) is 8.01. The summed E-state index contributed by atoms with van der Waals surface area (Å²) in [6, 6.07) is 0. The van der Waals surface area contributed by atoms with E-state index in [4.69, 9.17) is 0 Å². The van der Waals surface area contributed by atoms with E-state index >= 15 is 0 Å². The smallest absolute Gasteiger partial charge is 0.242 e. The molecule has 3 fully saturated rings. The summed E-state index contributed by atoms with van der Waals surface area (Å²) in [7, 11) is 0. The summed E-state index contributed by atoms with van der Waals surface area (Å²) >= 11 is 0. The van der Waals surface area contributed by atoms with Crippen LogP contribution < -0.4 is 0 Å². The Balaban J connectivity index is 1.46. The third-order valence-corrected chi connectivity index (χ3v) is 6.08. The minimum absolute atomic E-state index is 0.0659. The summed E-state index contributed by atoms with van der Waals surface area (Å²) in [6.45, 7) is 5.70. The maximum Gasteiger partial charge on any atom is 0.242 e. The lowest BCUT2D eigenvalue weighted by molar-refractivity contribution is -0.148. The van der Waals surface area contributed by atoms with E-state index in [0.717, 1.165) is 25.9 Å². The predicted octanol–water partition coefficient (Wildman–Crippen LogP) is 1.30. The second-order valence-corrected chi connectivity index (χ2v) is 8.01. The van der Waals surface area contributed by atoms with Gasteiger partial charge in [-0.25, -0.2) is 0 Å². The van der Waals surface area contributed by atoms with Crippen molar-refractivity contribution in [3.8, 4) is 0 Å². The van der Waals surface area contributed by atoms with Gasteiger partial charge in [-0.05, 0) is 36.5 Å². The number of nitrogens with zero attached hydrogens (tertiary/aromatic N) is 2. The Morgan fingerprint density at radius 3 is 2.04 bits per heavy atom. The van der Waals surface area contributed by atoms with Gasteiger partial charge in [0.1, 0.15) is 6.54 Å². The van der Waals surface area contributed by atoms with Crippen molar-refractivity contribution in [3.63, 3.8) is 0 Å². The number of likely N-dealkylation sites (tertiary alicyclic amines) is 2. The maximum absolute atomic E-state index is 12.6. The van der Waals surface area contributed by atoms with Crippen LogP contribution in [0.3, 0.4) is 0 Å². The lowest BCUT2D eigenvalue weighted by atomic mass is 9.85. The maximum atomic E-state index is 12.6. The monoisotopic (exact) mass is 316 g/mol. The molecule has 124 valence electrons. The highest BCUT2D eigenvalue weighted by molar-refractivity contribution is 6.08. The molecule has 4 aliphatic rings. The molecule has 23 heavy (non-hydrogen) atoms. The number of rotatable bonds is 2. The van der Waals surface area contributed by atoms with Crippen LogP contribution in [0.25, 0.3) is 0 Å². The van der Waals surface area contributed by atoms with Crippen LogP contribution in [0, 0.1) is 35.5 Å². The Morgan fingerprint density at radius 1 is 1.00 bits per heavy atom. The lowest BCUT2D eigenvalue weighted by Gasteiger charge is -2.35. The zero-order valence-electron chi connectivity index (χ0n) is 13.8. The van der Waals surface area contributed by atoms with Crippen molar-refractivity contribution in [3.05, 3.63) is 12.2 Å². The highest BCUT2D eigenvalue weighted by Gasteiger charge is 2.59. The standard InChI is InChI=1S/C18H24N2O3/c1-10-5-11(2)8-19(7-10)14(21)9-20-17(22)15-12-3-4-13(6-12)16(15)18(20)23/h3-4,10-13,15-16H,5-9H2,1-2H3/t10-,11+,12-,13+,15-,16+. The van der Waals surface area contributed by atoms with Gasteiger partial charge in [0.25, 0.3) is 0 Å². The van der Waals surface area contributed by atoms with Gasteiger partial charge in [-0.1, -0.05) is 26.0 Å². The van der Waals surface area contributed by atoms with Crippen LogP contribution in [-0.4, -0.2) is 47.2 Å². The average molecular weight is 316 g/mol. The summed E-state index contributed by atoms with van der Waals surface area (Å²) in [5.74, 6) is 0.637. The molecule has 4 rings (SSSR count). The minimum Gasteiger partial charge on any atom is -0.341 e. The van der Waals surface area contributed by atoms with Crippen molar-refractivity contribution in [2.45, 2.75) is 26.7 Å². The summed E-state index contributed by atoms with van der Waals surface area (Å²) in [6.07, 6.45) is 6.22. The number of fused-ring (bicyclic) bond motifs is 5. The van der Waals surface area contributed by atoms with E-state index in [-0.39, 0.29) is 47.9 Å². The number of carbonyl (C=O) groups excluding carboxylic acids is 3. The number of piperidine rings is 1. The third kappa shape index (κ3) is 2.24. The van der Waals surface area contributed by atoms with E-state index in [2.05, 4.69) is 26.0 Å². The topological polar surface area (TPSA) is 57.7 Å². The van der Waals surface area contributed by atoms with Crippen LogP contribution in [0.1, 0.15) is 26.7 Å². The molecule has 0 N–H and O–H groups in total. The molecular weight excluding hydrogens is 292 g/mol. The second kappa shape index (κ2) is 5.18. The van der Waals surface area contributed by atoms with Gasteiger partial charge in [0.2, 0.25) is 17.7 Å². The summed E-state index contributed by atoms with van der Waals surface area (Å²) in [5, 5.41) is 0. The third-order valence-electron chi connectivity index (χ3n) is 6.08. The Hall–Kier alpha value is -1.65. The molecule has 0 aromatic rings. The molecule has 0 aromatic heterocycles. The molecule has 0 unspecified atom stereocenters. The van der Waals surface area contributed by atoms with E-state index in [9.17, 15) is 14.4 Å². The molecule has 6 atom stereocenters. The first kappa shape index (κ1) is 14.9. The fraction of sp³-hybridized carbons (Fsp3) is 0.722. The highest BCUT2D eigenvalue weighted by Crippen LogP contribution is 2.52. The van der Waals surface area contributed by atoms with Crippen molar-refractivity contribution in [1.29, 1.82) is 0 Å². The molecule has 1 saturated carbocycles. The molecule has 5 heteroatoms. The van der Waals surface area contributed by atoms with Crippen molar-refractivity contribution in [2.24, 2.45) is 35.5 Å². The van der Waals surface area contributed by atoms with E-state index in [1.54, 1.807) is 0 Å². The number of hydrogen-bond acceptors (Lipinski definition) is 3. The minimum atomic E-state index is -0.204. The summed E-state index contributed by atoms with van der Waals surface area (Å²) in [5.41, 5.74) is 0. The Morgan fingerprint density at radius 2 is 1.52 bits per heavy atom. The molecule has 5 nitrogen and oxygen atoms in total. The first-order valence-corrected chi connectivity index (χ1v) is 8.77. The highest BCUT2D eigenvalue weighted by atomic mass is 16.2. The van der Waals surface area contributed by atoms with Gasteiger partial charge in [-0.15, -0.1) is 0 Å².